The van der Waals surface area contributed by atoms with Gasteiger partial charge in [0.15, 0.2) is 0 Å². The molecule has 2 rings (SSSR count). The molecule has 0 spiro atoms. The number of nitrogens with one attached hydrogen (secondary N) is 1. The second-order valence-electron chi connectivity index (χ2n) is 4.22. The number of hydrogen-bond donors (Lipinski definition) is 2. The Morgan fingerprint density at radius 2 is 1.74 bits per heavy atom. The predicted octanol–water partition coefficient (Wildman–Crippen LogP) is 2.77. The lowest BCUT2D eigenvalue weighted by molar-refractivity contribution is -0.120. The van der Waals surface area contributed by atoms with Crippen LogP contribution in [0, 0.1) is 0 Å². The van der Waals surface area contributed by atoms with Crippen LogP contribution in [0.4, 0.5) is 0 Å². The number of carbonyl (C=O) groups excluding carboxylic acids is 1. The number of carbonyl (C=O) groups is 1. The summed E-state index contributed by atoms with van der Waals surface area (Å²) in [4.78, 5) is 11.6. The maximum absolute atomic E-state index is 11.6. The Balaban J connectivity index is 2.14. The maximum Gasteiger partial charge on any atom is 0.239 e. The van der Waals surface area contributed by atoms with Crippen molar-refractivity contribution in [3.63, 3.8) is 0 Å². The fourth-order valence-corrected chi connectivity index (χ4v) is 2.40. The van der Waals surface area contributed by atoms with Crippen molar-refractivity contribution in [2.45, 2.75) is 12.6 Å². The number of rotatable bonds is 5. The van der Waals surface area contributed by atoms with Crippen LogP contribution in [0.5, 0.6) is 0 Å². The molecule has 0 aromatic heterocycles. The van der Waals surface area contributed by atoms with Gasteiger partial charge < -0.3 is 5.73 Å². The van der Waals surface area contributed by atoms with Crippen molar-refractivity contribution in [3.05, 3.63) is 70.2 Å². The summed E-state index contributed by atoms with van der Waals surface area (Å²) < 4.78 is 0.874. The molecule has 1 unspecified atom stereocenters. The van der Waals surface area contributed by atoms with Crippen molar-refractivity contribution >= 4 is 21.8 Å². The molecule has 0 heterocycles. The Hall–Kier alpha value is -1.65. The minimum atomic E-state index is -0.504. The molecule has 2 aromatic carbocycles. The summed E-state index contributed by atoms with van der Waals surface area (Å²) >= 11 is 3.44. The lowest BCUT2D eigenvalue weighted by Crippen LogP contribution is -2.33. The monoisotopic (exact) mass is 318 g/mol. The SMILES string of the molecule is NC(=O)C(NCc1ccccc1)c1ccccc1Br. The van der Waals surface area contributed by atoms with Gasteiger partial charge in [0.2, 0.25) is 5.91 Å². The molecule has 0 saturated carbocycles. The third kappa shape index (κ3) is 3.66. The predicted molar refractivity (Wildman–Crippen MR) is 79.4 cm³/mol. The molecule has 0 fully saturated rings. The normalized spacial score (nSPS) is 12.1. The zero-order chi connectivity index (χ0) is 13.7. The van der Waals surface area contributed by atoms with Gasteiger partial charge in [-0.3, -0.25) is 10.1 Å². The summed E-state index contributed by atoms with van der Waals surface area (Å²) in [6.45, 7) is 0.593. The minimum Gasteiger partial charge on any atom is -0.368 e. The highest BCUT2D eigenvalue weighted by Crippen LogP contribution is 2.23. The molecule has 98 valence electrons. The van der Waals surface area contributed by atoms with Crippen LogP contribution < -0.4 is 11.1 Å². The van der Waals surface area contributed by atoms with Gasteiger partial charge in [0.05, 0.1) is 0 Å². The van der Waals surface area contributed by atoms with Gasteiger partial charge in [-0.2, -0.15) is 0 Å². The number of benzene rings is 2. The van der Waals surface area contributed by atoms with Gasteiger partial charge in [0, 0.05) is 11.0 Å². The lowest BCUT2D eigenvalue weighted by Gasteiger charge is -2.17. The third-order valence-electron chi connectivity index (χ3n) is 2.85. The van der Waals surface area contributed by atoms with Crippen LogP contribution >= 0.6 is 15.9 Å². The molecule has 3 N–H and O–H groups in total. The standard InChI is InChI=1S/C15H15BrN2O/c16-13-9-5-4-8-12(13)14(15(17)19)18-10-11-6-2-1-3-7-11/h1-9,14,18H,10H2,(H2,17,19). The van der Waals surface area contributed by atoms with Crippen molar-refractivity contribution in [1.82, 2.24) is 5.32 Å². The van der Waals surface area contributed by atoms with E-state index in [1.807, 2.05) is 54.6 Å². The van der Waals surface area contributed by atoms with E-state index in [2.05, 4.69) is 21.2 Å². The molecule has 1 atom stereocenters. The minimum absolute atomic E-state index is 0.386. The van der Waals surface area contributed by atoms with Crippen molar-refractivity contribution in [2.24, 2.45) is 5.73 Å². The zero-order valence-electron chi connectivity index (χ0n) is 10.3. The van der Waals surface area contributed by atoms with Crippen molar-refractivity contribution in [3.8, 4) is 0 Å². The van der Waals surface area contributed by atoms with E-state index in [9.17, 15) is 4.79 Å². The Labute approximate surface area is 121 Å². The van der Waals surface area contributed by atoms with Crippen molar-refractivity contribution in [2.75, 3.05) is 0 Å². The fraction of sp³-hybridized carbons (Fsp3) is 0.133. The van der Waals surface area contributed by atoms with E-state index in [0.29, 0.717) is 6.54 Å². The molecule has 0 bridgehead atoms. The van der Waals surface area contributed by atoms with Gasteiger partial charge in [-0.25, -0.2) is 0 Å². The Bertz CT molecular complexity index is 557. The molecular formula is C15H15BrN2O. The van der Waals surface area contributed by atoms with Crippen LogP contribution in [0.25, 0.3) is 0 Å². The highest BCUT2D eigenvalue weighted by atomic mass is 79.9. The third-order valence-corrected chi connectivity index (χ3v) is 3.58. The first kappa shape index (κ1) is 13.8. The summed E-state index contributed by atoms with van der Waals surface area (Å²) in [5.74, 6) is -0.386. The van der Waals surface area contributed by atoms with Crippen LogP contribution in [0.1, 0.15) is 17.2 Å². The molecular weight excluding hydrogens is 304 g/mol. The van der Waals surface area contributed by atoms with Gasteiger partial charge in [-0.1, -0.05) is 64.5 Å². The van der Waals surface area contributed by atoms with Crippen LogP contribution in [-0.2, 0) is 11.3 Å². The van der Waals surface area contributed by atoms with Crippen LogP contribution in [0.2, 0.25) is 0 Å². The summed E-state index contributed by atoms with van der Waals surface area (Å²) in [7, 11) is 0. The topological polar surface area (TPSA) is 55.1 Å². The first-order chi connectivity index (χ1) is 9.18. The number of hydrogen-bond acceptors (Lipinski definition) is 2. The molecule has 0 aliphatic carbocycles. The van der Waals surface area contributed by atoms with Crippen molar-refractivity contribution < 1.29 is 4.79 Å². The summed E-state index contributed by atoms with van der Waals surface area (Å²) in [6, 6.07) is 17.0. The molecule has 19 heavy (non-hydrogen) atoms. The maximum atomic E-state index is 11.6. The number of halogens is 1. The Morgan fingerprint density at radius 1 is 1.11 bits per heavy atom. The second-order valence-corrected chi connectivity index (χ2v) is 5.08. The molecule has 2 aromatic rings. The average Bonchev–Trinajstić information content (AvgIpc) is 2.42. The fourth-order valence-electron chi connectivity index (χ4n) is 1.89. The summed E-state index contributed by atoms with van der Waals surface area (Å²) in [5, 5.41) is 3.19. The first-order valence-electron chi connectivity index (χ1n) is 5.99. The number of amides is 1. The highest BCUT2D eigenvalue weighted by Gasteiger charge is 2.19. The van der Waals surface area contributed by atoms with Gasteiger partial charge in [0.1, 0.15) is 6.04 Å². The number of nitrogens with two attached hydrogens (primary N) is 1. The van der Waals surface area contributed by atoms with Crippen LogP contribution in [0.15, 0.2) is 59.1 Å². The van der Waals surface area contributed by atoms with E-state index in [0.717, 1.165) is 15.6 Å². The van der Waals surface area contributed by atoms with E-state index in [1.54, 1.807) is 0 Å². The zero-order valence-corrected chi connectivity index (χ0v) is 11.9. The Kier molecular flexibility index (Phi) is 4.71. The largest absolute Gasteiger partial charge is 0.368 e. The first-order valence-corrected chi connectivity index (χ1v) is 6.79. The van der Waals surface area contributed by atoms with Gasteiger partial charge in [-0.05, 0) is 17.2 Å². The molecule has 0 aliphatic heterocycles. The van der Waals surface area contributed by atoms with E-state index in [4.69, 9.17) is 5.73 Å². The highest BCUT2D eigenvalue weighted by molar-refractivity contribution is 9.10. The molecule has 1 amide bonds. The number of primary amides is 1. The lowest BCUT2D eigenvalue weighted by atomic mass is 10.1. The average molecular weight is 319 g/mol. The molecule has 4 heteroatoms. The molecule has 3 nitrogen and oxygen atoms in total. The van der Waals surface area contributed by atoms with Gasteiger partial charge in [-0.15, -0.1) is 0 Å². The molecule has 0 aliphatic rings. The quantitative estimate of drug-likeness (QED) is 0.890. The Morgan fingerprint density at radius 3 is 2.37 bits per heavy atom. The van der Waals surface area contributed by atoms with Gasteiger partial charge in [0.25, 0.3) is 0 Å². The molecule has 0 saturated heterocycles. The van der Waals surface area contributed by atoms with Gasteiger partial charge >= 0.3 is 0 Å². The van der Waals surface area contributed by atoms with E-state index in [-0.39, 0.29) is 5.91 Å². The van der Waals surface area contributed by atoms with Crippen LogP contribution in [0.3, 0.4) is 0 Å². The second kappa shape index (κ2) is 6.50. The van der Waals surface area contributed by atoms with Crippen LogP contribution in [-0.4, -0.2) is 5.91 Å². The van der Waals surface area contributed by atoms with E-state index in [1.165, 1.54) is 0 Å². The van der Waals surface area contributed by atoms with Crippen molar-refractivity contribution in [1.29, 1.82) is 0 Å². The van der Waals surface area contributed by atoms with E-state index >= 15 is 0 Å². The molecule has 0 radical (unpaired) electrons. The summed E-state index contributed by atoms with van der Waals surface area (Å²) in [5.41, 5.74) is 7.44. The smallest absolute Gasteiger partial charge is 0.239 e. The van der Waals surface area contributed by atoms with E-state index < -0.39 is 6.04 Å². The summed E-state index contributed by atoms with van der Waals surface area (Å²) in [6.07, 6.45) is 0.